The highest BCUT2D eigenvalue weighted by Gasteiger charge is 2.36. The van der Waals surface area contributed by atoms with E-state index in [0.29, 0.717) is 37.9 Å². The van der Waals surface area contributed by atoms with E-state index in [9.17, 15) is 4.79 Å². The van der Waals surface area contributed by atoms with Crippen LogP contribution < -0.4 is 5.32 Å². The lowest BCUT2D eigenvalue weighted by molar-refractivity contribution is -0.0907. The Labute approximate surface area is 147 Å². The molecule has 2 amide bonds. The van der Waals surface area contributed by atoms with E-state index in [1.807, 2.05) is 40.1 Å². The van der Waals surface area contributed by atoms with Gasteiger partial charge in [-0.15, -0.1) is 0 Å². The van der Waals surface area contributed by atoms with Gasteiger partial charge in [-0.25, -0.2) is 4.79 Å². The zero-order valence-corrected chi connectivity index (χ0v) is 15.2. The largest absolute Gasteiger partial charge is 0.367 e. The number of hydrogen-bond donors (Lipinski definition) is 1. The van der Waals surface area contributed by atoms with Crippen LogP contribution in [0.5, 0.6) is 0 Å². The number of carbonyl (C=O) groups excluding carboxylic acids is 1. The van der Waals surface area contributed by atoms with Crippen molar-refractivity contribution in [3.8, 4) is 0 Å². The molecule has 1 fully saturated rings. The number of morpholine rings is 1. The number of rotatable bonds is 4. The first-order valence-electron chi connectivity index (χ1n) is 8.49. The molecule has 0 spiro atoms. The molecule has 8 heteroatoms. The van der Waals surface area contributed by atoms with E-state index in [1.165, 1.54) is 0 Å². The van der Waals surface area contributed by atoms with Gasteiger partial charge in [-0.05, 0) is 12.8 Å². The minimum Gasteiger partial charge on any atom is -0.367 e. The molecule has 3 rings (SSSR count). The maximum atomic E-state index is 12.5. The summed E-state index contributed by atoms with van der Waals surface area (Å²) in [6.45, 7) is 7.90. The maximum absolute atomic E-state index is 12.5. The topological polar surface area (TPSA) is 85.4 Å². The van der Waals surface area contributed by atoms with Crippen molar-refractivity contribution in [3.63, 3.8) is 0 Å². The second kappa shape index (κ2) is 6.87. The molecule has 136 valence electrons. The first-order chi connectivity index (χ1) is 11.9. The van der Waals surface area contributed by atoms with Crippen molar-refractivity contribution >= 4 is 6.03 Å². The highest BCUT2D eigenvalue weighted by Crippen LogP contribution is 2.29. The molecular weight excluding hydrogens is 322 g/mol. The first kappa shape index (κ1) is 17.5. The molecule has 0 bridgehead atoms. The molecule has 1 N–H and O–H groups in total. The molecule has 1 aliphatic rings. The van der Waals surface area contributed by atoms with Gasteiger partial charge in [0.15, 0.2) is 5.76 Å². The number of urea groups is 1. The summed E-state index contributed by atoms with van der Waals surface area (Å²) in [4.78, 5) is 14.3. The van der Waals surface area contributed by atoms with Crippen molar-refractivity contribution in [3.05, 3.63) is 35.5 Å². The molecule has 2 aromatic heterocycles. The van der Waals surface area contributed by atoms with E-state index in [1.54, 1.807) is 15.8 Å². The van der Waals surface area contributed by atoms with Crippen LogP contribution in [-0.2, 0) is 23.9 Å². The quantitative estimate of drug-likeness (QED) is 0.914. The van der Waals surface area contributed by atoms with E-state index < -0.39 is 5.60 Å². The summed E-state index contributed by atoms with van der Waals surface area (Å²) in [5.41, 5.74) is 1.30. The monoisotopic (exact) mass is 347 g/mol. The number of hydrogen-bond acceptors (Lipinski definition) is 5. The lowest BCUT2D eigenvalue weighted by Crippen LogP contribution is -2.53. The fourth-order valence-corrected chi connectivity index (χ4v) is 2.87. The Balaban J connectivity index is 1.60. The summed E-state index contributed by atoms with van der Waals surface area (Å²) in [7, 11) is 1.86. The highest BCUT2D eigenvalue weighted by atomic mass is 16.5. The van der Waals surface area contributed by atoms with Crippen LogP contribution in [0.3, 0.4) is 0 Å². The minimum absolute atomic E-state index is 0.138. The van der Waals surface area contributed by atoms with Crippen LogP contribution in [0.15, 0.2) is 23.0 Å². The third-order valence-corrected chi connectivity index (χ3v) is 4.46. The maximum Gasteiger partial charge on any atom is 0.317 e. The Hall–Kier alpha value is -2.35. The molecule has 2 aromatic rings. The van der Waals surface area contributed by atoms with Crippen molar-refractivity contribution < 1.29 is 14.1 Å². The summed E-state index contributed by atoms with van der Waals surface area (Å²) in [6, 6.07) is 1.74. The summed E-state index contributed by atoms with van der Waals surface area (Å²) in [5.74, 6) is 0.952. The fraction of sp³-hybridized carbons (Fsp3) is 0.588. The number of carbonyl (C=O) groups is 1. The molecule has 1 aliphatic heterocycles. The van der Waals surface area contributed by atoms with Crippen LogP contribution in [0.2, 0.25) is 0 Å². The molecule has 25 heavy (non-hydrogen) atoms. The van der Waals surface area contributed by atoms with Crippen molar-refractivity contribution in [2.45, 2.75) is 38.8 Å². The lowest BCUT2D eigenvalue weighted by Gasteiger charge is -2.39. The molecule has 3 heterocycles. The van der Waals surface area contributed by atoms with Gasteiger partial charge in [0.25, 0.3) is 0 Å². The fourth-order valence-electron chi connectivity index (χ4n) is 2.87. The molecular formula is C17H25N5O3. The van der Waals surface area contributed by atoms with E-state index in [0.717, 1.165) is 11.3 Å². The van der Waals surface area contributed by atoms with Gasteiger partial charge in [-0.3, -0.25) is 4.68 Å². The summed E-state index contributed by atoms with van der Waals surface area (Å²) >= 11 is 0. The zero-order valence-electron chi connectivity index (χ0n) is 15.2. The van der Waals surface area contributed by atoms with Crippen LogP contribution in [0.1, 0.15) is 43.7 Å². The van der Waals surface area contributed by atoms with Crippen molar-refractivity contribution in [1.29, 1.82) is 0 Å². The molecule has 1 saturated heterocycles. The van der Waals surface area contributed by atoms with E-state index >= 15 is 0 Å². The summed E-state index contributed by atoms with van der Waals surface area (Å²) < 4.78 is 12.9. The molecule has 0 radical (unpaired) electrons. The Morgan fingerprint density at radius 1 is 1.48 bits per heavy atom. The summed E-state index contributed by atoms with van der Waals surface area (Å²) in [6.07, 6.45) is 3.70. The molecule has 1 atom stereocenters. The Morgan fingerprint density at radius 3 is 2.92 bits per heavy atom. The van der Waals surface area contributed by atoms with Gasteiger partial charge >= 0.3 is 6.03 Å². The second-order valence-corrected chi connectivity index (χ2v) is 6.94. The zero-order chi connectivity index (χ0) is 18.0. The van der Waals surface area contributed by atoms with Gasteiger partial charge in [-0.1, -0.05) is 19.0 Å². The van der Waals surface area contributed by atoms with Crippen LogP contribution in [0.4, 0.5) is 4.79 Å². The SMILES string of the molecule is CC(C)c1cc(CNC(=O)N2CCO[C@](C)(c3cnn(C)c3)C2)on1. The Kier molecular flexibility index (Phi) is 4.80. The van der Waals surface area contributed by atoms with Gasteiger partial charge in [0.1, 0.15) is 5.60 Å². The number of nitrogens with one attached hydrogen (secondary N) is 1. The number of ether oxygens (including phenoxy) is 1. The Bertz CT molecular complexity index is 738. The van der Waals surface area contributed by atoms with E-state index in [2.05, 4.69) is 15.6 Å². The standard InChI is InChI=1S/C17H25N5O3/c1-12(2)15-7-14(25-20-15)9-18-16(23)22-5-6-24-17(3,11-22)13-8-19-21(4)10-13/h7-8,10,12H,5-6,9,11H2,1-4H3,(H,18,23)/t17-/m0/s1. The molecule has 0 unspecified atom stereocenters. The van der Waals surface area contributed by atoms with Gasteiger partial charge in [0, 0.05) is 31.4 Å². The van der Waals surface area contributed by atoms with Crippen molar-refractivity contribution in [2.24, 2.45) is 7.05 Å². The predicted octanol–water partition coefficient (Wildman–Crippen LogP) is 1.99. The predicted molar refractivity (Wildman–Crippen MR) is 90.9 cm³/mol. The number of aromatic nitrogens is 3. The van der Waals surface area contributed by atoms with Crippen LogP contribution in [0, 0.1) is 0 Å². The van der Waals surface area contributed by atoms with Crippen LogP contribution in [-0.4, -0.2) is 45.6 Å². The lowest BCUT2D eigenvalue weighted by atomic mass is 9.97. The number of amides is 2. The van der Waals surface area contributed by atoms with E-state index in [-0.39, 0.29) is 6.03 Å². The Morgan fingerprint density at radius 2 is 2.28 bits per heavy atom. The normalized spacial score (nSPS) is 20.9. The van der Waals surface area contributed by atoms with Crippen molar-refractivity contribution in [1.82, 2.24) is 25.2 Å². The molecule has 0 aromatic carbocycles. The third-order valence-electron chi connectivity index (χ3n) is 4.46. The van der Waals surface area contributed by atoms with E-state index in [4.69, 9.17) is 9.26 Å². The average Bonchev–Trinajstić information content (AvgIpc) is 3.22. The smallest absolute Gasteiger partial charge is 0.317 e. The molecule has 8 nitrogen and oxygen atoms in total. The average molecular weight is 347 g/mol. The number of aryl methyl sites for hydroxylation is 1. The molecule has 0 aliphatic carbocycles. The van der Waals surface area contributed by atoms with Crippen molar-refractivity contribution in [2.75, 3.05) is 19.7 Å². The first-order valence-corrected chi connectivity index (χ1v) is 8.49. The van der Waals surface area contributed by atoms with Crippen LogP contribution >= 0.6 is 0 Å². The summed E-state index contributed by atoms with van der Waals surface area (Å²) in [5, 5.41) is 11.1. The molecule has 0 saturated carbocycles. The minimum atomic E-state index is -0.555. The van der Waals surface area contributed by atoms with Crippen LogP contribution in [0.25, 0.3) is 0 Å². The third kappa shape index (κ3) is 3.84. The van der Waals surface area contributed by atoms with Gasteiger partial charge in [0.05, 0.1) is 31.6 Å². The second-order valence-electron chi connectivity index (χ2n) is 6.94. The van der Waals surface area contributed by atoms with Gasteiger partial charge < -0.3 is 19.5 Å². The van der Waals surface area contributed by atoms with Gasteiger partial charge in [0.2, 0.25) is 0 Å². The van der Waals surface area contributed by atoms with Gasteiger partial charge in [-0.2, -0.15) is 5.10 Å². The number of nitrogens with zero attached hydrogens (tertiary/aromatic N) is 4. The highest BCUT2D eigenvalue weighted by molar-refractivity contribution is 5.74.